The molecule has 1 fully saturated rings. The molecule has 0 radical (unpaired) electrons. The fourth-order valence-corrected chi connectivity index (χ4v) is 3.99. The van der Waals surface area contributed by atoms with Crippen molar-refractivity contribution >= 4 is 11.8 Å². The molecular weight excluding hydrogens is 258 g/mol. The van der Waals surface area contributed by atoms with Gasteiger partial charge in [-0.05, 0) is 39.9 Å². The van der Waals surface area contributed by atoms with Crippen LogP contribution in [0, 0.1) is 13.8 Å². The highest BCUT2D eigenvalue weighted by Crippen LogP contribution is 2.30. The van der Waals surface area contributed by atoms with E-state index < -0.39 is 0 Å². The summed E-state index contributed by atoms with van der Waals surface area (Å²) in [6.45, 7) is 5.79. The van der Waals surface area contributed by atoms with Crippen molar-refractivity contribution in [1.29, 1.82) is 0 Å². The summed E-state index contributed by atoms with van der Waals surface area (Å²) < 4.78 is 0. The fourth-order valence-electron chi connectivity index (χ4n) is 3.05. The Morgan fingerprint density at radius 1 is 1.42 bits per heavy atom. The zero-order valence-corrected chi connectivity index (χ0v) is 12.9. The number of nitrogens with one attached hydrogen (secondary N) is 2. The minimum Gasteiger partial charge on any atom is -0.310 e. The Kier molecular flexibility index (Phi) is 4.68. The van der Waals surface area contributed by atoms with Gasteiger partial charge in [-0.2, -0.15) is 11.8 Å². The molecule has 1 aromatic heterocycles. The van der Waals surface area contributed by atoms with Gasteiger partial charge in [0.05, 0.1) is 5.56 Å². The molecule has 0 spiro atoms. The molecule has 3 unspecified atom stereocenters. The number of rotatable bonds is 4. The number of aromatic nitrogens is 2. The van der Waals surface area contributed by atoms with Crippen LogP contribution in [0.2, 0.25) is 0 Å². The quantitative estimate of drug-likeness (QED) is 0.889. The van der Waals surface area contributed by atoms with Gasteiger partial charge < -0.3 is 10.3 Å². The summed E-state index contributed by atoms with van der Waals surface area (Å²) >= 11 is 1.92. The van der Waals surface area contributed by atoms with Crippen molar-refractivity contribution in [3.8, 4) is 0 Å². The highest BCUT2D eigenvalue weighted by Gasteiger charge is 2.28. The van der Waals surface area contributed by atoms with Gasteiger partial charge in [-0.3, -0.25) is 4.79 Å². The molecule has 1 aliphatic carbocycles. The van der Waals surface area contributed by atoms with Crippen LogP contribution in [-0.2, 0) is 0 Å². The lowest BCUT2D eigenvalue weighted by Crippen LogP contribution is -2.38. The highest BCUT2D eigenvalue weighted by molar-refractivity contribution is 7.99. The number of hydrogen-bond donors (Lipinski definition) is 2. The summed E-state index contributed by atoms with van der Waals surface area (Å²) in [5.74, 6) is 0.682. The van der Waals surface area contributed by atoms with Crippen LogP contribution in [-0.4, -0.2) is 27.5 Å². The first-order valence-electron chi connectivity index (χ1n) is 6.89. The minimum atomic E-state index is -0.0105. The normalized spacial score (nSPS) is 24.6. The molecule has 1 heterocycles. The number of hydrogen-bond acceptors (Lipinski definition) is 4. The van der Waals surface area contributed by atoms with Crippen LogP contribution in [0.3, 0.4) is 0 Å². The van der Waals surface area contributed by atoms with Gasteiger partial charge in [0.15, 0.2) is 0 Å². The van der Waals surface area contributed by atoms with Gasteiger partial charge in [-0.1, -0.05) is 6.42 Å². The molecule has 0 aromatic carbocycles. The van der Waals surface area contributed by atoms with Crippen LogP contribution >= 0.6 is 11.8 Å². The molecule has 1 aromatic rings. The molecule has 5 heteroatoms. The van der Waals surface area contributed by atoms with E-state index >= 15 is 0 Å². The van der Waals surface area contributed by atoms with Crippen LogP contribution < -0.4 is 10.9 Å². The Morgan fingerprint density at radius 3 is 2.79 bits per heavy atom. The predicted molar refractivity (Wildman–Crippen MR) is 80.8 cm³/mol. The van der Waals surface area contributed by atoms with E-state index in [0.717, 1.165) is 11.3 Å². The van der Waals surface area contributed by atoms with E-state index in [1.165, 1.54) is 19.3 Å². The Morgan fingerprint density at radius 2 is 2.16 bits per heavy atom. The highest BCUT2D eigenvalue weighted by atomic mass is 32.2. The van der Waals surface area contributed by atoms with E-state index in [-0.39, 0.29) is 11.6 Å². The summed E-state index contributed by atoms with van der Waals surface area (Å²) in [5.41, 5.74) is 1.60. The Balaban J connectivity index is 2.16. The van der Waals surface area contributed by atoms with Gasteiger partial charge in [-0.15, -0.1) is 0 Å². The van der Waals surface area contributed by atoms with Crippen molar-refractivity contribution in [2.75, 3.05) is 6.26 Å². The SMILES string of the molecule is CSC1CCCC1NC(C)c1c(C)nc(C)[nH]c1=O. The number of aryl methyl sites for hydroxylation is 2. The van der Waals surface area contributed by atoms with Crippen molar-refractivity contribution in [2.45, 2.75) is 57.4 Å². The zero-order valence-electron chi connectivity index (χ0n) is 12.1. The van der Waals surface area contributed by atoms with Crippen molar-refractivity contribution in [2.24, 2.45) is 0 Å². The lowest BCUT2D eigenvalue weighted by molar-refractivity contribution is 0.462. The summed E-state index contributed by atoms with van der Waals surface area (Å²) in [6.07, 6.45) is 5.91. The predicted octanol–water partition coefficient (Wildman–Crippen LogP) is 2.32. The average Bonchev–Trinajstić information content (AvgIpc) is 2.74. The van der Waals surface area contributed by atoms with Crippen molar-refractivity contribution < 1.29 is 0 Å². The van der Waals surface area contributed by atoms with Gasteiger partial charge in [0.2, 0.25) is 0 Å². The lowest BCUT2D eigenvalue weighted by atomic mass is 10.1. The first kappa shape index (κ1) is 14.6. The Labute approximate surface area is 118 Å². The fraction of sp³-hybridized carbons (Fsp3) is 0.714. The van der Waals surface area contributed by atoms with Gasteiger partial charge in [-0.25, -0.2) is 4.98 Å². The van der Waals surface area contributed by atoms with Crippen LogP contribution in [0.5, 0.6) is 0 Å². The molecule has 3 atom stereocenters. The maximum absolute atomic E-state index is 12.1. The molecule has 1 aliphatic rings. The van der Waals surface area contributed by atoms with Gasteiger partial charge in [0.25, 0.3) is 5.56 Å². The molecule has 0 bridgehead atoms. The minimum absolute atomic E-state index is 0.0105. The van der Waals surface area contributed by atoms with Gasteiger partial charge in [0, 0.05) is 23.0 Å². The Hall–Kier alpha value is -0.810. The number of nitrogens with zero attached hydrogens (tertiary/aromatic N) is 1. The van der Waals surface area contributed by atoms with Crippen LogP contribution in [0.1, 0.15) is 49.3 Å². The second-order valence-corrected chi connectivity index (χ2v) is 6.43. The molecule has 106 valence electrons. The molecule has 2 N–H and O–H groups in total. The molecule has 0 saturated heterocycles. The third kappa shape index (κ3) is 3.20. The number of thioether (sulfide) groups is 1. The van der Waals surface area contributed by atoms with E-state index in [1.54, 1.807) is 0 Å². The Bertz CT molecular complexity index is 500. The molecule has 19 heavy (non-hydrogen) atoms. The summed E-state index contributed by atoms with van der Waals surface area (Å²) in [6, 6.07) is 0.555. The summed E-state index contributed by atoms with van der Waals surface area (Å²) in [7, 11) is 0. The van der Waals surface area contributed by atoms with E-state index in [2.05, 4.69) is 28.5 Å². The van der Waals surface area contributed by atoms with Crippen molar-refractivity contribution in [3.05, 3.63) is 27.4 Å². The largest absolute Gasteiger partial charge is 0.310 e. The van der Waals surface area contributed by atoms with Crippen molar-refractivity contribution in [3.63, 3.8) is 0 Å². The molecular formula is C14H23N3OS. The van der Waals surface area contributed by atoms with Crippen LogP contribution in [0.25, 0.3) is 0 Å². The smallest absolute Gasteiger partial charge is 0.255 e. The maximum atomic E-state index is 12.1. The first-order chi connectivity index (χ1) is 9.02. The number of aromatic amines is 1. The monoisotopic (exact) mass is 281 g/mol. The number of H-pyrrole nitrogens is 1. The topological polar surface area (TPSA) is 57.8 Å². The first-order valence-corrected chi connectivity index (χ1v) is 8.18. The van der Waals surface area contributed by atoms with Gasteiger partial charge >= 0.3 is 0 Å². The molecule has 1 saturated carbocycles. The van der Waals surface area contributed by atoms with Crippen LogP contribution in [0.15, 0.2) is 4.79 Å². The second kappa shape index (κ2) is 6.09. The zero-order chi connectivity index (χ0) is 14.0. The molecule has 4 nitrogen and oxygen atoms in total. The van der Waals surface area contributed by atoms with E-state index in [4.69, 9.17) is 0 Å². The molecule has 0 amide bonds. The summed E-state index contributed by atoms with van der Waals surface area (Å²) in [4.78, 5) is 19.3. The van der Waals surface area contributed by atoms with Gasteiger partial charge in [0.1, 0.15) is 5.82 Å². The average molecular weight is 281 g/mol. The van der Waals surface area contributed by atoms with E-state index in [0.29, 0.717) is 17.1 Å². The van der Waals surface area contributed by atoms with E-state index in [1.807, 2.05) is 25.6 Å². The molecule has 2 rings (SSSR count). The maximum Gasteiger partial charge on any atom is 0.255 e. The second-order valence-electron chi connectivity index (χ2n) is 5.35. The van der Waals surface area contributed by atoms with Crippen LogP contribution in [0.4, 0.5) is 0 Å². The molecule has 0 aliphatic heterocycles. The summed E-state index contributed by atoms with van der Waals surface area (Å²) in [5, 5.41) is 4.28. The lowest BCUT2D eigenvalue weighted by Gasteiger charge is -2.24. The third-order valence-corrected chi connectivity index (χ3v) is 5.09. The third-order valence-electron chi connectivity index (χ3n) is 3.92. The van der Waals surface area contributed by atoms with E-state index in [9.17, 15) is 4.79 Å². The standard InChI is InChI=1S/C14H23N3OS/c1-8-13(14(18)17-10(3)15-8)9(2)16-11-6-5-7-12(11)19-4/h9,11-12,16H,5-7H2,1-4H3,(H,15,17,18). The van der Waals surface area contributed by atoms with Crippen molar-refractivity contribution in [1.82, 2.24) is 15.3 Å².